The molecule has 0 aliphatic rings. The normalized spacial score (nSPS) is 10.6. The Morgan fingerprint density at radius 2 is 1.86 bits per heavy atom. The van der Waals surface area contributed by atoms with Gasteiger partial charge in [-0.2, -0.15) is 5.10 Å². The van der Waals surface area contributed by atoms with Gasteiger partial charge in [-0.25, -0.2) is 4.68 Å². The third-order valence-electron chi connectivity index (χ3n) is 3.59. The lowest BCUT2D eigenvalue weighted by molar-refractivity contribution is 0.619. The molecule has 0 unspecified atom stereocenters. The van der Waals surface area contributed by atoms with Crippen molar-refractivity contribution >= 4 is 11.4 Å². The van der Waals surface area contributed by atoms with Crippen LogP contribution in [-0.4, -0.2) is 22.9 Å². The number of aromatic nitrogens is 2. The molecule has 1 heterocycles. The maximum absolute atomic E-state index is 11.6. The van der Waals surface area contributed by atoms with Crippen LogP contribution in [-0.2, 0) is 6.54 Å². The van der Waals surface area contributed by atoms with Crippen molar-refractivity contribution in [3.63, 3.8) is 0 Å². The van der Waals surface area contributed by atoms with Gasteiger partial charge >= 0.3 is 0 Å². The highest BCUT2D eigenvalue weighted by Crippen LogP contribution is 2.28. The van der Waals surface area contributed by atoms with Crippen molar-refractivity contribution in [3.05, 3.63) is 40.7 Å². The van der Waals surface area contributed by atoms with E-state index in [9.17, 15) is 4.79 Å². The van der Waals surface area contributed by atoms with Crippen LogP contribution in [0.2, 0.25) is 0 Å². The molecule has 0 radical (unpaired) electrons. The summed E-state index contributed by atoms with van der Waals surface area (Å²) < 4.78 is 1.45. The Bertz CT molecular complexity index is 674. The van der Waals surface area contributed by atoms with Gasteiger partial charge in [-0.3, -0.25) is 4.79 Å². The van der Waals surface area contributed by atoms with Gasteiger partial charge in [0, 0.05) is 31.3 Å². The Labute approximate surface area is 125 Å². The number of rotatable bonds is 5. The largest absolute Gasteiger partial charge is 0.397 e. The first-order valence-electron chi connectivity index (χ1n) is 7.33. The summed E-state index contributed by atoms with van der Waals surface area (Å²) in [7, 11) is 0. The maximum Gasteiger partial charge on any atom is 0.266 e. The molecule has 21 heavy (non-hydrogen) atoms. The molecule has 5 nitrogen and oxygen atoms in total. The molecule has 0 amide bonds. The fourth-order valence-electron chi connectivity index (χ4n) is 2.40. The third kappa shape index (κ3) is 3.07. The summed E-state index contributed by atoms with van der Waals surface area (Å²) in [6.07, 6.45) is 0. The number of nitrogens with two attached hydrogens (primary N) is 1. The van der Waals surface area contributed by atoms with Gasteiger partial charge in [-0.1, -0.05) is 6.07 Å². The van der Waals surface area contributed by atoms with Crippen LogP contribution in [0.1, 0.15) is 20.8 Å². The number of benzene rings is 1. The van der Waals surface area contributed by atoms with Crippen LogP contribution in [0.4, 0.5) is 11.4 Å². The molecule has 0 saturated carbocycles. The molecule has 5 heteroatoms. The standard InChI is InChI=1S/C16H22N4O/c1-4-19(5-2)15-9-7-12(11-13(15)17)14-8-10-16(21)20(6-3)18-14/h7-11H,4-6,17H2,1-3H3. The van der Waals surface area contributed by atoms with Gasteiger partial charge in [0.25, 0.3) is 5.56 Å². The van der Waals surface area contributed by atoms with Crippen LogP contribution >= 0.6 is 0 Å². The van der Waals surface area contributed by atoms with Gasteiger partial charge in [0.2, 0.25) is 0 Å². The van der Waals surface area contributed by atoms with E-state index < -0.39 is 0 Å². The van der Waals surface area contributed by atoms with Gasteiger partial charge in [-0.15, -0.1) is 0 Å². The summed E-state index contributed by atoms with van der Waals surface area (Å²) in [5.41, 5.74) is 9.53. The minimum absolute atomic E-state index is 0.0889. The lowest BCUT2D eigenvalue weighted by Crippen LogP contribution is -2.23. The van der Waals surface area contributed by atoms with Gasteiger partial charge < -0.3 is 10.6 Å². The van der Waals surface area contributed by atoms with Crippen LogP contribution in [0.25, 0.3) is 11.3 Å². The van der Waals surface area contributed by atoms with Crippen molar-refractivity contribution < 1.29 is 0 Å². The third-order valence-corrected chi connectivity index (χ3v) is 3.59. The average molecular weight is 286 g/mol. The Morgan fingerprint density at radius 1 is 1.14 bits per heavy atom. The molecule has 2 rings (SSSR count). The predicted molar refractivity (Wildman–Crippen MR) is 87.6 cm³/mol. The molecule has 0 spiro atoms. The first-order valence-corrected chi connectivity index (χ1v) is 7.33. The Kier molecular flexibility index (Phi) is 4.62. The molecule has 0 atom stereocenters. The molecule has 112 valence electrons. The zero-order chi connectivity index (χ0) is 15.4. The Balaban J connectivity index is 2.42. The number of nitrogen functional groups attached to an aromatic ring is 1. The monoisotopic (exact) mass is 286 g/mol. The summed E-state index contributed by atoms with van der Waals surface area (Å²) >= 11 is 0. The molecule has 2 aromatic rings. The minimum Gasteiger partial charge on any atom is -0.397 e. The van der Waals surface area contributed by atoms with Crippen molar-refractivity contribution in [1.29, 1.82) is 0 Å². The highest BCUT2D eigenvalue weighted by molar-refractivity contribution is 5.75. The molecule has 0 aliphatic heterocycles. The average Bonchev–Trinajstić information content (AvgIpc) is 2.50. The lowest BCUT2D eigenvalue weighted by atomic mass is 10.1. The number of nitrogens with zero attached hydrogens (tertiary/aromatic N) is 3. The summed E-state index contributed by atoms with van der Waals surface area (Å²) in [5.74, 6) is 0. The Hall–Kier alpha value is -2.30. The van der Waals surface area contributed by atoms with Gasteiger partial charge in [-0.05, 0) is 39.0 Å². The molecule has 0 bridgehead atoms. The topological polar surface area (TPSA) is 64.2 Å². The highest BCUT2D eigenvalue weighted by Gasteiger charge is 2.09. The zero-order valence-corrected chi connectivity index (χ0v) is 12.8. The van der Waals surface area contributed by atoms with Crippen molar-refractivity contribution in [1.82, 2.24) is 9.78 Å². The van der Waals surface area contributed by atoms with Crippen LogP contribution in [0, 0.1) is 0 Å². The number of anilines is 2. The Morgan fingerprint density at radius 3 is 2.43 bits per heavy atom. The fraction of sp³-hybridized carbons (Fsp3) is 0.375. The van der Waals surface area contributed by atoms with E-state index in [1.165, 1.54) is 4.68 Å². The quantitative estimate of drug-likeness (QED) is 0.857. The molecule has 0 saturated heterocycles. The zero-order valence-electron chi connectivity index (χ0n) is 12.8. The minimum atomic E-state index is -0.0889. The molecule has 1 aromatic carbocycles. The summed E-state index contributed by atoms with van der Waals surface area (Å²) in [6, 6.07) is 9.21. The summed E-state index contributed by atoms with van der Waals surface area (Å²) in [4.78, 5) is 13.8. The first-order chi connectivity index (χ1) is 10.1. The van der Waals surface area contributed by atoms with E-state index in [2.05, 4.69) is 23.8 Å². The van der Waals surface area contributed by atoms with Crippen molar-refractivity contribution in [2.45, 2.75) is 27.3 Å². The van der Waals surface area contributed by atoms with Crippen molar-refractivity contribution in [2.24, 2.45) is 0 Å². The second kappa shape index (κ2) is 6.43. The maximum atomic E-state index is 11.6. The van der Waals surface area contributed by atoms with Gasteiger partial charge in [0.15, 0.2) is 0 Å². The van der Waals surface area contributed by atoms with E-state index in [1.807, 2.05) is 25.1 Å². The molecule has 2 N–H and O–H groups in total. The molecular weight excluding hydrogens is 264 g/mol. The number of hydrogen-bond acceptors (Lipinski definition) is 4. The summed E-state index contributed by atoms with van der Waals surface area (Å²) in [5, 5.41) is 4.35. The van der Waals surface area contributed by atoms with E-state index in [0.29, 0.717) is 6.54 Å². The van der Waals surface area contributed by atoms with E-state index in [4.69, 9.17) is 5.73 Å². The summed E-state index contributed by atoms with van der Waals surface area (Å²) in [6.45, 7) is 8.50. The first kappa shape index (κ1) is 15.1. The van der Waals surface area contributed by atoms with Crippen LogP contribution < -0.4 is 16.2 Å². The molecular formula is C16H22N4O. The van der Waals surface area contributed by atoms with E-state index >= 15 is 0 Å². The van der Waals surface area contributed by atoms with E-state index in [0.717, 1.165) is 35.7 Å². The SMILES string of the molecule is CCN(CC)c1ccc(-c2ccc(=O)n(CC)n2)cc1N. The van der Waals surface area contributed by atoms with Crippen LogP contribution in [0.5, 0.6) is 0 Å². The van der Waals surface area contributed by atoms with Crippen LogP contribution in [0.3, 0.4) is 0 Å². The lowest BCUT2D eigenvalue weighted by Gasteiger charge is -2.23. The van der Waals surface area contributed by atoms with E-state index in [1.54, 1.807) is 12.1 Å². The molecule has 0 aliphatic carbocycles. The fourth-order valence-corrected chi connectivity index (χ4v) is 2.40. The number of aryl methyl sites for hydroxylation is 1. The smallest absolute Gasteiger partial charge is 0.266 e. The van der Waals surface area contributed by atoms with Crippen molar-refractivity contribution in [2.75, 3.05) is 23.7 Å². The molecule has 1 aromatic heterocycles. The van der Waals surface area contributed by atoms with Crippen LogP contribution in [0.15, 0.2) is 35.1 Å². The highest BCUT2D eigenvalue weighted by atomic mass is 16.1. The molecule has 0 fully saturated rings. The second-order valence-corrected chi connectivity index (χ2v) is 4.82. The van der Waals surface area contributed by atoms with Gasteiger partial charge in [0.05, 0.1) is 17.1 Å². The van der Waals surface area contributed by atoms with E-state index in [-0.39, 0.29) is 5.56 Å². The van der Waals surface area contributed by atoms with Crippen molar-refractivity contribution in [3.8, 4) is 11.3 Å². The number of hydrogen-bond donors (Lipinski definition) is 1. The second-order valence-electron chi connectivity index (χ2n) is 4.82. The predicted octanol–water partition coefficient (Wildman–Crippen LogP) is 2.36. The van der Waals surface area contributed by atoms with Gasteiger partial charge in [0.1, 0.15) is 0 Å².